The molecule has 22 heavy (non-hydrogen) atoms. The minimum Gasteiger partial charge on any atom is -0.468 e. The van der Waals surface area contributed by atoms with Crippen molar-refractivity contribution in [2.75, 3.05) is 20.7 Å². The SMILES string of the molecule is COC(=O)[C@@H](N)CC(C)C(=O)N(C)CCc1ccccc1.Cl. The maximum atomic E-state index is 12.2. The highest BCUT2D eigenvalue weighted by atomic mass is 35.5. The highest BCUT2D eigenvalue weighted by Gasteiger charge is 2.23. The second-order valence-electron chi connectivity index (χ2n) is 5.26. The Hall–Kier alpha value is -1.59. The summed E-state index contributed by atoms with van der Waals surface area (Å²) in [6, 6.07) is 9.25. The first-order chi connectivity index (χ1) is 9.95. The van der Waals surface area contributed by atoms with Crippen LogP contribution in [0.5, 0.6) is 0 Å². The molecule has 0 aromatic heterocycles. The van der Waals surface area contributed by atoms with Gasteiger partial charge in [0.15, 0.2) is 0 Å². The summed E-state index contributed by atoms with van der Waals surface area (Å²) >= 11 is 0. The second kappa shape index (κ2) is 10.2. The lowest BCUT2D eigenvalue weighted by Gasteiger charge is -2.22. The molecule has 1 amide bonds. The molecule has 0 saturated carbocycles. The third-order valence-corrected chi connectivity index (χ3v) is 3.49. The summed E-state index contributed by atoms with van der Waals surface area (Å²) in [5, 5.41) is 0. The van der Waals surface area contributed by atoms with Crippen LogP contribution in [0.4, 0.5) is 0 Å². The molecule has 0 aliphatic rings. The number of likely N-dealkylation sites (N-methyl/N-ethyl adjacent to an activating group) is 1. The number of hydrogen-bond donors (Lipinski definition) is 1. The summed E-state index contributed by atoms with van der Waals surface area (Å²) in [7, 11) is 3.06. The lowest BCUT2D eigenvalue weighted by atomic mass is 10.0. The van der Waals surface area contributed by atoms with E-state index in [9.17, 15) is 9.59 Å². The number of esters is 1. The first kappa shape index (κ1) is 20.4. The zero-order valence-electron chi connectivity index (χ0n) is 13.3. The number of amides is 1. The van der Waals surface area contributed by atoms with Crippen LogP contribution in [0.3, 0.4) is 0 Å². The van der Waals surface area contributed by atoms with E-state index in [1.165, 1.54) is 12.7 Å². The van der Waals surface area contributed by atoms with Crippen LogP contribution in [0, 0.1) is 5.92 Å². The van der Waals surface area contributed by atoms with Gasteiger partial charge in [0.2, 0.25) is 5.91 Å². The van der Waals surface area contributed by atoms with Gasteiger partial charge in [-0.2, -0.15) is 0 Å². The molecule has 0 aliphatic heterocycles. The summed E-state index contributed by atoms with van der Waals surface area (Å²) in [6.07, 6.45) is 1.10. The molecule has 2 N–H and O–H groups in total. The maximum Gasteiger partial charge on any atom is 0.322 e. The smallest absolute Gasteiger partial charge is 0.322 e. The lowest BCUT2D eigenvalue weighted by Crippen LogP contribution is -2.39. The fourth-order valence-corrected chi connectivity index (χ4v) is 2.16. The minimum absolute atomic E-state index is 0. The van der Waals surface area contributed by atoms with Crippen molar-refractivity contribution in [3.63, 3.8) is 0 Å². The standard InChI is InChI=1S/C16H24N2O3.ClH/c1-12(11-14(17)16(20)21-3)15(19)18(2)10-9-13-7-5-4-6-8-13;/h4-8,12,14H,9-11,17H2,1-3H3;1H/t12?,14-;/m0./s1. The van der Waals surface area contributed by atoms with Crippen LogP contribution >= 0.6 is 12.4 Å². The largest absolute Gasteiger partial charge is 0.468 e. The topological polar surface area (TPSA) is 72.6 Å². The molecular weight excluding hydrogens is 304 g/mol. The summed E-state index contributed by atoms with van der Waals surface area (Å²) in [4.78, 5) is 25.2. The van der Waals surface area contributed by atoms with Crippen molar-refractivity contribution in [1.82, 2.24) is 4.90 Å². The Morgan fingerprint density at radius 1 is 1.27 bits per heavy atom. The first-order valence-corrected chi connectivity index (χ1v) is 7.08. The zero-order chi connectivity index (χ0) is 15.8. The quantitative estimate of drug-likeness (QED) is 0.772. The van der Waals surface area contributed by atoms with Gasteiger partial charge < -0.3 is 15.4 Å². The number of carbonyl (C=O) groups excluding carboxylic acids is 2. The van der Waals surface area contributed by atoms with E-state index < -0.39 is 12.0 Å². The van der Waals surface area contributed by atoms with Gasteiger partial charge in [0.25, 0.3) is 0 Å². The Labute approximate surface area is 138 Å². The number of ether oxygens (including phenoxy) is 1. The molecule has 1 aromatic rings. The molecule has 0 radical (unpaired) electrons. The molecule has 1 rings (SSSR count). The molecule has 1 aromatic carbocycles. The van der Waals surface area contributed by atoms with Gasteiger partial charge in [0.1, 0.15) is 6.04 Å². The second-order valence-corrected chi connectivity index (χ2v) is 5.26. The number of halogens is 1. The van der Waals surface area contributed by atoms with Gasteiger partial charge in [-0.15, -0.1) is 12.4 Å². The Morgan fingerprint density at radius 3 is 2.41 bits per heavy atom. The van der Waals surface area contributed by atoms with Crippen LogP contribution in [0.2, 0.25) is 0 Å². The minimum atomic E-state index is -0.753. The number of carbonyl (C=O) groups is 2. The van der Waals surface area contributed by atoms with E-state index in [1.54, 1.807) is 18.9 Å². The van der Waals surface area contributed by atoms with Gasteiger partial charge in [0.05, 0.1) is 7.11 Å². The Kier molecular flexibility index (Phi) is 9.45. The molecule has 124 valence electrons. The number of methoxy groups -OCH3 is 1. The van der Waals surface area contributed by atoms with E-state index in [4.69, 9.17) is 5.73 Å². The van der Waals surface area contributed by atoms with Crippen LogP contribution in [0.1, 0.15) is 18.9 Å². The molecule has 1 unspecified atom stereocenters. The van der Waals surface area contributed by atoms with E-state index in [0.29, 0.717) is 13.0 Å². The third-order valence-electron chi connectivity index (χ3n) is 3.49. The maximum absolute atomic E-state index is 12.2. The van der Waals surface area contributed by atoms with Crippen molar-refractivity contribution in [3.8, 4) is 0 Å². The monoisotopic (exact) mass is 328 g/mol. The van der Waals surface area contributed by atoms with Crippen molar-refractivity contribution in [3.05, 3.63) is 35.9 Å². The summed E-state index contributed by atoms with van der Waals surface area (Å²) < 4.78 is 4.57. The first-order valence-electron chi connectivity index (χ1n) is 7.08. The van der Waals surface area contributed by atoms with Crippen molar-refractivity contribution < 1.29 is 14.3 Å². The average Bonchev–Trinajstić information content (AvgIpc) is 2.51. The van der Waals surface area contributed by atoms with E-state index in [2.05, 4.69) is 4.74 Å². The van der Waals surface area contributed by atoms with E-state index in [1.807, 2.05) is 30.3 Å². The summed E-state index contributed by atoms with van der Waals surface area (Å²) in [6.45, 7) is 2.42. The highest BCUT2D eigenvalue weighted by Crippen LogP contribution is 2.10. The lowest BCUT2D eigenvalue weighted by molar-refractivity contribution is -0.143. The predicted octanol–water partition coefficient (Wildman–Crippen LogP) is 1.64. The van der Waals surface area contributed by atoms with Crippen LogP contribution in [-0.2, 0) is 20.7 Å². The van der Waals surface area contributed by atoms with Crippen molar-refractivity contribution >= 4 is 24.3 Å². The average molecular weight is 329 g/mol. The van der Waals surface area contributed by atoms with E-state index in [-0.39, 0.29) is 24.2 Å². The van der Waals surface area contributed by atoms with Crippen LogP contribution in [-0.4, -0.2) is 43.5 Å². The molecule has 0 saturated heterocycles. The third kappa shape index (κ3) is 6.45. The zero-order valence-corrected chi connectivity index (χ0v) is 14.1. The Morgan fingerprint density at radius 2 is 1.86 bits per heavy atom. The molecule has 0 heterocycles. The van der Waals surface area contributed by atoms with Gasteiger partial charge in [-0.25, -0.2) is 0 Å². The number of nitrogens with two attached hydrogens (primary N) is 1. The van der Waals surface area contributed by atoms with Gasteiger partial charge in [-0.3, -0.25) is 9.59 Å². The van der Waals surface area contributed by atoms with Crippen molar-refractivity contribution in [2.45, 2.75) is 25.8 Å². The van der Waals surface area contributed by atoms with E-state index in [0.717, 1.165) is 6.42 Å². The molecular formula is C16H25ClN2O3. The number of rotatable bonds is 7. The van der Waals surface area contributed by atoms with Crippen LogP contribution < -0.4 is 5.73 Å². The van der Waals surface area contributed by atoms with Crippen LogP contribution in [0.15, 0.2) is 30.3 Å². The molecule has 0 aliphatic carbocycles. The van der Waals surface area contributed by atoms with Crippen LogP contribution in [0.25, 0.3) is 0 Å². The summed E-state index contributed by atoms with van der Waals surface area (Å²) in [5.74, 6) is -0.799. The Balaban J connectivity index is 0.00000441. The molecule has 0 spiro atoms. The Bertz CT molecular complexity index is 468. The molecule has 2 atom stereocenters. The van der Waals surface area contributed by atoms with Gasteiger partial charge >= 0.3 is 5.97 Å². The highest BCUT2D eigenvalue weighted by molar-refractivity contribution is 5.85. The number of nitrogens with zero attached hydrogens (tertiary/aromatic N) is 1. The summed E-state index contributed by atoms with van der Waals surface area (Å²) in [5.41, 5.74) is 6.88. The van der Waals surface area contributed by atoms with Gasteiger partial charge in [-0.05, 0) is 18.4 Å². The number of hydrogen-bond acceptors (Lipinski definition) is 4. The van der Waals surface area contributed by atoms with Crippen molar-refractivity contribution in [1.29, 1.82) is 0 Å². The molecule has 6 heteroatoms. The number of benzene rings is 1. The predicted molar refractivity (Wildman–Crippen MR) is 88.8 cm³/mol. The van der Waals surface area contributed by atoms with Gasteiger partial charge in [0, 0.05) is 19.5 Å². The molecule has 5 nitrogen and oxygen atoms in total. The molecule has 0 bridgehead atoms. The van der Waals surface area contributed by atoms with Gasteiger partial charge in [-0.1, -0.05) is 37.3 Å². The van der Waals surface area contributed by atoms with E-state index >= 15 is 0 Å². The molecule has 0 fully saturated rings. The van der Waals surface area contributed by atoms with Crippen molar-refractivity contribution in [2.24, 2.45) is 11.7 Å². The fourth-order valence-electron chi connectivity index (χ4n) is 2.16. The normalized spacial score (nSPS) is 12.7. The fraction of sp³-hybridized carbons (Fsp3) is 0.500.